The van der Waals surface area contributed by atoms with E-state index in [-0.39, 0.29) is 6.10 Å². The third kappa shape index (κ3) is 2.34. The standard InChI is InChI=1S/C12H18O3/c1-2-6-10(13)11-9-14-12(15-11)7-4-3-5-8-12/h1,10-11,13H,3-9H2/t10-,11+/m0/s1. The van der Waals surface area contributed by atoms with Crippen molar-refractivity contribution in [1.29, 1.82) is 0 Å². The van der Waals surface area contributed by atoms with Gasteiger partial charge in [-0.1, -0.05) is 6.42 Å². The highest BCUT2D eigenvalue weighted by molar-refractivity contribution is 4.92. The van der Waals surface area contributed by atoms with Crippen LogP contribution in [0.5, 0.6) is 0 Å². The molecule has 3 nitrogen and oxygen atoms in total. The summed E-state index contributed by atoms with van der Waals surface area (Å²) in [6.45, 7) is 0.475. The molecule has 1 aliphatic carbocycles. The maximum Gasteiger partial charge on any atom is 0.169 e. The molecule has 0 aromatic heterocycles. The molecule has 2 fully saturated rings. The van der Waals surface area contributed by atoms with Crippen molar-refractivity contribution in [1.82, 2.24) is 0 Å². The Kier molecular flexibility index (Phi) is 3.30. The van der Waals surface area contributed by atoms with Gasteiger partial charge in [-0.05, 0) is 12.8 Å². The Balaban J connectivity index is 1.90. The maximum absolute atomic E-state index is 9.72. The Bertz CT molecular complexity index is 250. The first kappa shape index (κ1) is 10.9. The first-order valence-electron chi connectivity index (χ1n) is 5.69. The van der Waals surface area contributed by atoms with Gasteiger partial charge in [0.2, 0.25) is 0 Å². The zero-order valence-electron chi connectivity index (χ0n) is 8.95. The topological polar surface area (TPSA) is 38.7 Å². The molecule has 1 spiro atoms. The summed E-state index contributed by atoms with van der Waals surface area (Å²) in [6, 6.07) is 0. The van der Waals surface area contributed by atoms with Crippen LogP contribution in [0.2, 0.25) is 0 Å². The highest BCUT2D eigenvalue weighted by atomic mass is 16.7. The molecule has 0 unspecified atom stereocenters. The Labute approximate surface area is 90.8 Å². The first-order chi connectivity index (χ1) is 7.26. The van der Waals surface area contributed by atoms with Gasteiger partial charge in [0, 0.05) is 19.3 Å². The van der Waals surface area contributed by atoms with E-state index in [0.29, 0.717) is 13.0 Å². The molecule has 2 atom stereocenters. The van der Waals surface area contributed by atoms with Crippen LogP contribution in [0.4, 0.5) is 0 Å². The molecule has 3 heteroatoms. The van der Waals surface area contributed by atoms with Gasteiger partial charge < -0.3 is 14.6 Å². The quantitative estimate of drug-likeness (QED) is 0.701. The van der Waals surface area contributed by atoms with Gasteiger partial charge in [-0.3, -0.25) is 0 Å². The Hall–Kier alpha value is -0.560. The van der Waals surface area contributed by atoms with Crippen molar-refractivity contribution >= 4 is 0 Å². The summed E-state index contributed by atoms with van der Waals surface area (Å²) in [5, 5.41) is 9.72. The van der Waals surface area contributed by atoms with Crippen LogP contribution in [-0.4, -0.2) is 29.7 Å². The third-order valence-corrected chi connectivity index (χ3v) is 3.25. The second kappa shape index (κ2) is 4.52. The second-order valence-corrected chi connectivity index (χ2v) is 4.41. The van der Waals surface area contributed by atoms with Gasteiger partial charge in [-0.2, -0.15) is 0 Å². The lowest BCUT2D eigenvalue weighted by atomic mass is 9.94. The molecule has 0 radical (unpaired) electrons. The van der Waals surface area contributed by atoms with Gasteiger partial charge in [0.1, 0.15) is 6.10 Å². The molecule has 1 N–H and O–H groups in total. The normalized spacial score (nSPS) is 31.3. The molecular formula is C12H18O3. The van der Waals surface area contributed by atoms with Gasteiger partial charge in [0.25, 0.3) is 0 Å². The van der Waals surface area contributed by atoms with Crippen LogP contribution in [0.15, 0.2) is 0 Å². The van der Waals surface area contributed by atoms with E-state index in [0.717, 1.165) is 25.7 Å². The molecule has 0 bridgehead atoms. The highest BCUT2D eigenvalue weighted by Crippen LogP contribution is 2.38. The lowest BCUT2D eigenvalue weighted by Crippen LogP contribution is -2.35. The van der Waals surface area contributed by atoms with Crippen molar-refractivity contribution in [2.45, 2.75) is 56.5 Å². The van der Waals surface area contributed by atoms with Crippen LogP contribution in [0.25, 0.3) is 0 Å². The SMILES string of the molecule is C#CC[C@H](O)[C@H]1COC2(CCCCC2)O1. The van der Waals surface area contributed by atoms with Crippen LogP contribution in [-0.2, 0) is 9.47 Å². The van der Waals surface area contributed by atoms with Crippen molar-refractivity contribution in [3.05, 3.63) is 0 Å². The van der Waals surface area contributed by atoms with E-state index in [1.54, 1.807) is 0 Å². The van der Waals surface area contributed by atoms with Crippen LogP contribution < -0.4 is 0 Å². The second-order valence-electron chi connectivity index (χ2n) is 4.41. The molecule has 1 saturated carbocycles. The molecular weight excluding hydrogens is 192 g/mol. The molecule has 0 amide bonds. The van der Waals surface area contributed by atoms with E-state index in [4.69, 9.17) is 15.9 Å². The zero-order valence-corrected chi connectivity index (χ0v) is 8.95. The van der Waals surface area contributed by atoms with E-state index < -0.39 is 11.9 Å². The highest BCUT2D eigenvalue weighted by Gasteiger charge is 2.44. The van der Waals surface area contributed by atoms with Gasteiger partial charge >= 0.3 is 0 Å². The Morgan fingerprint density at radius 2 is 2.13 bits per heavy atom. The fourth-order valence-electron chi connectivity index (χ4n) is 2.37. The maximum atomic E-state index is 9.72. The molecule has 15 heavy (non-hydrogen) atoms. The van der Waals surface area contributed by atoms with E-state index in [1.165, 1.54) is 6.42 Å². The minimum Gasteiger partial charge on any atom is -0.389 e. The van der Waals surface area contributed by atoms with Crippen LogP contribution in [0.3, 0.4) is 0 Å². The minimum atomic E-state index is -0.587. The Morgan fingerprint density at radius 3 is 2.80 bits per heavy atom. The van der Waals surface area contributed by atoms with Crippen LogP contribution >= 0.6 is 0 Å². The number of terminal acetylenes is 1. The molecule has 2 aliphatic rings. The fraction of sp³-hybridized carbons (Fsp3) is 0.833. The van der Waals surface area contributed by atoms with Crippen molar-refractivity contribution in [2.75, 3.05) is 6.61 Å². The number of hydrogen-bond acceptors (Lipinski definition) is 3. The number of ether oxygens (including phenoxy) is 2. The monoisotopic (exact) mass is 210 g/mol. The smallest absolute Gasteiger partial charge is 0.169 e. The van der Waals surface area contributed by atoms with Crippen molar-refractivity contribution in [3.8, 4) is 12.3 Å². The third-order valence-electron chi connectivity index (χ3n) is 3.25. The summed E-state index contributed by atoms with van der Waals surface area (Å²) in [5.74, 6) is 2.05. The number of aliphatic hydroxyl groups is 1. The van der Waals surface area contributed by atoms with Crippen LogP contribution in [0, 0.1) is 12.3 Å². The molecule has 1 saturated heterocycles. The largest absolute Gasteiger partial charge is 0.389 e. The summed E-state index contributed by atoms with van der Waals surface area (Å²) >= 11 is 0. The summed E-state index contributed by atoms with van der Waals surface area (Å²) in [5.41, 5.74) is 0. The molecule has 0 aromatic carbocycles. The molecule has 84 valence electrons. The fourth-order valence-corrected chi connectivity index (χ4v) is 2.37. The minimum absolute atomic E-state index is 0.237. The van der Waals surface area contributed by atoms with Crippen molar-refractivity contribution < 1.29 is 14.6 Å². The van der Waals surface area contributed by atoms with Gasteiger partial charge in [-0.25, -0.2) is 0 Å². The van der Waals surface area contributed by atoms with E-state index in [9.17, 15) is 5.11 Å². The Morgan fingerprint density at radius 1 is 1.40 bits per heavy atom. The van der Waals surface area contributed by atoms with Gasteiger partial charge in [-0.15, -0.1) is 12.3 Å². The van der Waals surface area contributed by atoms with Crippen molar-refractivity contribution in [3.63, 3.8) is 0 Å². The number of hydrogen-bond donors (Lipinski definition) is 1. The summed E-state index contributed by atoms with van der Waals surface area (Å²) < 4.78 is 11.5. The lowest BCUT2D eigenvalue weighted by molar-refractivity contribution is -0.195. The predicted octanol–water partition coefficient (Wildman–Crippen LogP) is 1.45. The van der Waals surface area contributed by atoms with E-state index >= 15 is 0 Å². The zero-order chi connectivity index (χ0) is 10.7. The van der Waals surface area contributed by atoms with E-state index in [2.05, 4.69) is 5.92 Å². The average Bonchev–Trinajstić information content (AvgIpc) is 2.64. The molecule has 1 aliphatic heterocycles. The predicted molar refractivity (Wildman–Crippen MR) is 56.1 cm³/mol. The number of aliphatic hydroxyl groups excluding tert-OH is 1. The summed E-state index contributed by atoms with van der Waals surface area (Å²) in [7, 11) is 0. The molecule has 1 heterocycles. The average molecular weight is 210 g/mol. The summed E-state index contributed by atoms with van der Waals surface area (Å²) in [4.78, 5) is 0. The van der Waals surface area contributed by atoms with Crippen molar-refractivity contribution in [2.24, 2.45) is 0 Å². The van der Waals surface area contributed by atoms with Crippen LogP contribution in [0.1, 0.15) is 38.5 Å². The lowest BCUT2D eigenvalue weighted by Gasteiger charge is -2.32. The summed E-state index contributed by atoms with van der Waals surface area (Å²) in [6.07, 6.45) is 10.1. The first-order valence-corrected chi connectivity index (χ1v) is 5.69. The number of rotatable bonds is 2. The van der Waals surface area contributed by atoms with Gasteiger partial charge in [0.05, 0.1) is 12.7 Å². The van der Waals surface area contributed by atoms with E-state index in [1.807, 2.05) is 0 Å². The molecule has 2 rings (SSSR count). The van der Waals surface area contributed by atoms with Gasteiger partial charge in [0.15, 0.2) is 5.79 Å². The molecule has 0 aromatic rings.